The lowest BCUT2D eigenvalue weighted by Crippen LogP contribution is -2.02. The zero-order valence-corrected chi connectivity index (χ0v) is 11.8. The standard InChI is InChI=1S/C12H11ClN4O4/c1-2-3-10-9(13)7-15(14-10)11-5-4-8(16(18)19)6-12(11)17(20)21/h4-7H,2-3H2,1H3. The van der Waals surface area contributed by atoms with E-state index in [1.54, 1.807) is 0 Å². The van der Waals surface area contributed by atoms with Gasteiger partial charge in [0.05, 0.1) is 26.6 Å². The Morgan fingerprint density at radius 2 is 2.00 bits per heavy atom. The number of hydrogen-bond acceptors (Lipinski definition) is 5. The molecule has 2 aromatic rings. The van der Waals surface area contributed by atoms with Gasteiger partial charge in [0.25, 0.3) is 5.69 Å². The summed E-state index contributed by atoms with van der Waals surface area (Å²) in [5.41, 5.74) is 0.0190. The third-order valence-corrected chi connectivity index (χ3v) is 3.16. The van der Waals surface area contributed by atoms with Gasteiger partial charge in [-0.2, -0.15) is 5.10 Å². The van der Waals surface area contributed by atoms with Crippen molar-refractivity contribution in [1.82, 2.24) is 9.78 Å². The number of non-ortho nitro benzene ring substituents is 1. The second-order valence-electron chi connectivity index (χ2n) is 4.31. The van der Waals surface area contributed by atoms with E-state index in [1.165, 1.54) is 23.0 Å². The molecule has 0 saturated heterocycles. The molecule has 0 radical (unpaired) electrons. The molecule has 0 N–H and O–H groups in total. The van der Waals surface area contributed by atoms with Crippen LogP contribution >= 0.6 is 11.6 Å². The van der Waals surface area contributed by atoms with E-state index < -0.39 is 15.5 Å². The largest absolute Gasteiger partial charge is 0.301 e. The Kier molecular flexibility index (Phi) is 4.18. The molecule has 0 unspecified atom stereocenters. The van der Waals surface area contributed by atoms with Gasteiger partial charge in [-0.25, -0.2) is 4.68 Å². The minimum Gasteiger partial charge on any atom is -0.258 e. The number of rotatable bonds is 5. The average Bonchev–Trinajstić information content (AvgIpc) is 2.79. The smallest absolute Gasteiger partial charge is 0.258 e. The molecule has 2 rings (SSSR count). The first kappa shape index (κ1) is 14.9. The summed E-state index contributed by atoms with van der Waals surface area (Å²) in [6, 6.07) is 3.39. The van der Waals surface area contributed by atoms with Gasteiger partial charge in [0.2, 0.25) is 0 Å². The zero-order valence-electron chi connectivity index (χ0n) is 11.0. The molecule has 0 bridgehead atoms. The number of hydrogen-bond donors (Lipinski definition) is 0. The highest BCUT2D eigenvalue weighted by atomic mass is 35.5. The molecule has 0 aliphatic rings. The van der Waals surface area contributed by atoms with Gasteiger partial charge in [0.15, 0.2) is 0 Å². The van der Waals surface area contributed by atoms with E-state index >= 15 is 0 Å². The third kappa shape index (κ3) is 3.00. The second kappa shape index (κ2) is 5.88. The monoisotopic (exact) mass is 310 g/mol. The molecule has 0 atom stereocenters. The van der Waals surface area contributed by atoms with Crippen molar-refractivity contribution in [3.05, 3.63) is 55.3 Å². The summed E-state index contributed by atoms with van der Waals surface area (Å²) in [6.07, 6.45) is 2.94. The first-order valence-electron chi connectivity index (χ1n) is 6.11. The van der Waals surface area contributed by atoms with Crippen LogP contribution in [-0.2, 0) is 6.42 Å². The third-order valence-electron chi connectivity index (χ3n) is 2.84. The van der Waals surface area contributed by atoms with Crippen molar-refractivity contribution in [3.63, 3.8) is 0 Å². The summed E-state index contributed by atoms with van der Waals surface area (Å²) >= 11 is 6.03. The first-order chi connectivity index (χ1) is 9.93. The van der Waals surface area contributed by atoms with Gasteiger partial charge in [0, 0.05) is 12.3 Å². The Bertz CT molecular complexity index is 713. The van der Waals surface area contributed by atoms with E-state index in [0.29, 0.717) is 17.1 Å². The van der Waals surface area contributed by atoms with Crippen LogP contribution in [0.2, 0.25) is 5.02 Å². The van der Waals surface area contributed by atoms with Crippen LogP contribution < -0.4 is 0 Å². The summed E-state index contributed by atoms with van der Waals surface area (Å²) in [5.74, 6) is 0. The normalized spacial score (nSPS) is 10.6. The molecular weight excluding hydrogens is 300 g/mol. The van der Waals surface area contributed by atoms with Crippen molar-refractivity contribution in [3.8, 4) is 5.69 Å². The molecule has 9 heteroatoms. The van der Waals surface area contributed by atoms with Gasteiger partial charge in [-0.05, 0) is 12.5 Å². The Labute approximate surface area is 124 Å². The van der Waals surface area contributed by atoms with E-state index in [0.717, 1.165) is 12.5 Å². The minimum absolute atomic E-state index is 0.134. The lowest BCUT2D eigenvalue weighted by Gasteiger charge is -2.02. The zero-order chi connectivity index (χ0) is 15.6. The summed E-state index contributed by atoms with van der Waals surface area (Å²) in [7, 11) is 0. The van der Waals surface area contributed by atoms with Gasteiger partial charge < -0.3 is 0 Å². The van der Waals surface area contributed by atoms with Crippen molar-refractivity contribution in [2.24, 2.45) is 0 Å². The number of nitrogens with zero attached hydrogens (tertiary/aromatic N) is 4. The van der Waals surface area contributed by atoms with Crippen LogP contribution in [0.5, 0.6) is 0 Å². The molecule has 0 spiro atoms. The van der Waals surface area contributed by atoms with Crippen LogP contribution in [0.25, 0.3) is 5.69 Å². The fraction of sp³-hybridized carbons (Fsp3) is 0.250. The van der Waals surface area contributed by atoms with Crippen molar-refractivity contribution in [2.75, 3.05) is 0 Å². The number of nitro groups is 2. The Morgan fingerprint density at radius 1 is 1.29 bits per heavy atom. The lowest BCUT2D eigenvalue weighted by molar-refractivity contribution is -0.394. The summed E-state index contributed by atoms with van der Waals surface area (Å²) in [5, 5.41) is 26.4. The maximum absolute atomic E-state index is 11.1. The molecular formula is C12H11ClN4O4. The Hall–Kier alpha value is -2.48. The molecule has 0 aliphatic carbocycles. The summed E-state index contributed by atoms with van der Waals surface area (Å²) in [6.45, 7) is 1.96. The Balaban J connectivity index is 2.55. The second-order valence-corrected chi connectivity index (χ2v) is 4.71. The van der Waals surface area contributed by atoms with Gasteiger partial charge in [0.1, 0.15) is 5.69 Å². The molecule has 21 heavy (non-hydrogen) atoms. The van der Waals surface area contributed by atoms with Crippen LogP contribution in [0, 0.1) is 20.2 Å². The average molecular weight is 311 g/mol. The topological polar surface area (TPSA) is 104 Å². The van der Waals surface area contributed by atoms with Crippen LogP contribution in [0.3, 0.4) is 0 Å². The number of aromatic nitrogens is 2. The molecule has 110 valence electrons. The van der Waals surface area contributed by atoms with Crippen molar-refractivity contribution < 1.29 is 9.85 Å². The fourth-order valence-corrected chi connectivity index (χ4v) is 2.11. The predicted molar refractivity (Wildman–Crippen MR) is 75.9 cm³/mol. The molecule has 1 heterocycles. The van der Waals surface area contributed by atoms with Gasteiger partial charge in [-0.1, -0.05) is 24.9 Å². The van der Waals surface area contributed by atoms with E-state index in [2.05, 4.69) is 5.10 Å². The summed E-state index contributed by atoms with van der Waals surface area (Å²) in [4.78, 5) is 20.4. The van der Waals surface area contributed by atoms with Gasteiger partial charge >= 0.3 is 5.69 Å². The maximum Gasteiger partial charge on any atom is 0.301 e. The summed E-state index contributed by atoms with van der Waals surface area (Å²) < 4.78 is 1.27. The minimum atomic E-state index is -0.685. The van der Waals surface area contributed by atoms with E-state index in [9.17, 15) is 20.2 Å². The van der Waals surface area contributed by atoms with Gasteiger partial charge in [-0.3, -0.25) is 20.2 Å². The SMILES string of the molecule is CCCc1nn(-c2ccc([N+](=O)[O-])cc2[N+](=O)[O-])cc1Cl. The van der Waals surface area contributed by atoms with E-state index in [1.807, 2.05) is 6.92 Å². The highest BCUT2D eigenvalue weighted by molar-refractivity contribution is 6.31. The van der Waals surface area contributed by atoms with Crippen molar-refractivity contribution in [1.29, 1.82) is 0 Å². The molecule has 0 fully saturated rings. The predicted octanol–water partition coefficient (Wildman–Crippen LogP) is 3.29. The van der Waals surface area contributed by atoms with Gasteiger partial charge in [-0.15, -0.1) is 0 Å². The van der Waals surface area contributed by atoms with Crippen LogP contribution in [0.1, 0.15) is 19.0 Å². The highest BCUT2D eigenvalue weighted by Crippen LogP contribution is 2.29. The molecule has 0 amide bonds. The number of nitro benzene ring substituents is 2. The van der Waals surface area contributed by atoms with E-state index in [-0.39, 0.29) is 11.4 Å². The number of halogens is 1. The lowest BCUT2D eigenvalue weighted by atomic mass is 10.2. The fourth-order valence-electron chi connectivity index (χ4n) is 1.88. The maximum atomic E-state index is 11.1. The molecule has 8 nitrogen and oxygen atoms in total. The van der Waals surface area contributed by atoms with Crippen molar-refractivity contribution in [2.45, 2.75) is 19.8 Å². The quantitative estimate of drug-likeness (QED) is 0.622. The first-order valence-corrected chi connectivity index (χ1v) is 6.49. The Morgan fingerprint density at radius 3 is 2.57 bits per heavy atom. The van der Waals surface area contributed by atoms with Crippen molar-refractivity contribution >= 4 is 23.0 Å². The van der Waals surface area contributed by atoms with E-state index in [4.69, 9.17) is 11.6 Å². The highest BCUT2D eigenvalue weighted by Gasteiger charge is 2.22. The molecule has 0 saturated carbocycles. The molecule has 1 aromatic heterocycles. The number of benzene rings is 1. The molecule has 1 aromatic carbocycles. The van der Waals surface area contributed by atoms with Crippen LogP contribution in [0.4, 0.5) is 11.4 Å². The number of aryl methyl sites for hydroxylation is 1. The molecule has 0 aliphatic heterocycles. The van der Waals surface area contributed by atoms with Crippen LogP contribution in [-0.4, -0.2) is 19.6 Å². The van der Waals surface area contributed by atoms with Crippen LogP contribution in [0.15, 0.2) is 24.4 Å².